The average Bonchev–Trinajstić information content (AvgIpc) is 3.04. The summed E-state index contributed by atoms with van der Waals surface area (Å²) in [5, 5.41) is 2.27. The summed E-state index contributed by atoms with van der Waals surface area (Å²) in [5.74, 6) is -0.376. The van der Waals surface area contributed by atoms with Crippen molar-refractivity contribution >= 4 is 38.6 Å². The Hall–Kier alpha value is -2.99. The first kappa shape index (κ1) is 16.5. The zero-order valence-electron chi connectivity index (χ0n) is 14.1. The largest absolute Gasteiger partial charge is 0.457 e. The molecule has 0 amide bonds. The Morgan fingerprint density at radius 3 is 2.62 bits per heavy atom. The van der Waals surface area contributed by atoms with Crippen molar-refractivity contribution in [2.45, 2.75) is 11.6 Å². The van der Waals surface area contributed by atoms with Gasteiger partial charge in [-0.25, -0.2) is 9.78 Å². The highest BCUT2D eigenvalue weighted by Gasteiger charge is 2.12. The Kier molecular flexibility index (Phi) is 4.26. The summed E-state index contributed by atoms with van der Waals surface area (Å²) >= 11 is 0. The lowest BCUT2D eigenvalue weighted by Gasteiger charge is -2.05. The molecule has 6 heteroatoms. The molecule has 0 saturated heterocycles. The first-order valence-electron chi connectivity index (χ1n) is 8.08. The summed E-state index contributed by atoms with van der Waals surface area (Å²) in [6, 6.07) is 16.7. The minimum Gasteiger partial charge on any atom is -0.457 e. The van der Waals surface area contributed by atoms with E-state index in [1.54, 1.807) is 30.7 Å². The maximum Gasteiger partial charge on any atom is 0.338 e. The topological polar surface area (TPSA) is 72.0 Å². The molecule has 4 aromatic rings. The second kappa shape index (κ2) is 6.72. The average molecular weight is 364 g/mol. The number of esters is 1. The van der Waals surface area contributed by atoms with E-state index in [1.807, 2.05) is 36.4 Å². The van der Waals surface area contributed by atoms with Crippen LogP contribution >= 0.6 is 0 Å². The van der Waals surface area contributed by atoms with Crippen molar-refractivity contribution in [2.75, 3.05) is 6.26 Å². The number of aromatic nitrogens is 2. The van der Waals surface area contributed by atoms with E-state index >= 15 is 0 Å². The number of ether oxygens (including phenoxy) is 1. The van der Waals surface area contributed by atoms with Gasteiger partial charge in [-0.1, -0.05) is 30.3 Å². The van der Waals surface area contributed by atoms with Crippen molar-refractivity contribution < 1.29 is 13.7 Å². The number of hydrogen-bond acceptors (Lipinski definition) is 4. The Morgan fingerprint density at radius 2 is 1.85 bits per heavy atom. The maximum absolute atomic E-state index is 12.4. The van der Waals surface area contributed by atoms with Crippen LogP contribution in [0, 0.1) is 0 Å². The van der Waals surface area contributed by atoms with Gasteiger partial charge in [-0.2, -0.15) is 0 Å². The molecule has 0 bridgehead atoms. The molecule has 1 unspecified atom stereocenters. The van der Waals surface area contributed by atoms with E-state index in [1.165, 1.54) is 0 Å². The Bertz CT molecular complexity index is 1140. The number of rotatable bonds is 4. The molecule has 2 heterocycles. The number of hydrogen-bond donors (Lipinski definition) is 1. The number of benzene rings is 2. The molecular weight excluding hydrogens is 348 g/mol. The molecule has 0 radical (unpaired) electrons. The molecule has 0 fully saturated rings. The summed E-state index contributed by atoms with van der Waals surface area (Å²) < 4.78 is 17.1. The lowest BCUT2D eigenvalue weighted by atomic mass is 10.1. The van der Waals surface area contributed by atoms with Gasteiger partial charge in [0.1, 0.15) is 11.6 Å². The normalized spacial score (nSPS) is 12.3. The number of nitrogens with one attached hydrogen (secondary N) is 1. The first-order valence-corrected chi connectivity index (χ1v) is 9.63. The molecule has 2 aromatic heterocycles. The molecule has 5 nitrogen and oxygen atoms in total. The summed E-state index contributed by atoms with van der Waals surface area (Å²) in [7, 11) is -1.17. The van der Waals surface area contributed by atoms with E-state index in [2.05, 4.69) is 9.97 Å². The van der Waals surface area contributed by atoms with Crippen molar-refractivity contribution in [3.8, 4) is 0 Å². The molecule has 4 rings (SSSR count). The number of H-pyrrole nitrogens is 1. The third kappa shape index (κ3) is 3.11. The summed E-state index contributed by atoms with van der Waals surface area (Å²) in [6.07, 6.45) is 3.26. The summed E-state index contributed by atoms with van der Waals surface area (Å²) in [4.78, 5) is 19.9. The highest BCUT2D eigenvalue weighted by molar-refractivity contribution is 7.84. The van der Waals surface area contributed by atoms with E-state index in [9.17, 15) is 9.00 Å². The number of pyridine rings is 1. The molecule has 1 atom stereocenters. The van der Waals surface area contributed by atoms with Crippen molar-refractivity contribution in [3.05, 3.63) is 71.9 Å². The molecule has 0 saturated carbocycles. The predicted molar refractivity (Wildman–Crippen MR) is 101 cm³/mol. The smallest absolute Gasteiger partial charge is 0.338 e. The van der Waals surface area contributed by atoms with Crippen molar-refractivity contribution in [3.63, 3.8) is 0 Å². The minimum absolute atomic E-state index is 0.231. The van der Waals surface area contributed by atoms with Crippen molar-refractivity contribution in [2.24, 2.45) is 0 Å². The SMILES string of the molecule is CS(=O)c1cc2c(cn1)[nH]c1ccc(C(=O)OCc3ccccc3)cc12. The molecule has 2 aromatic carbocycles. The minimum atomic E-state index is -1.17. The zero-order chi connectivity index (χ0) is 18.1. The van der Waals surface area contributed by atoms with Crippen LogP contribution in [0.25, 0.3) is 21.8 Å². The van der Waals surface area contributed by atoms with Crippen molar-refractivity contribution in [1.82, 2.24) is 9.97 Å². The van der Waals surface area contributed by atoms with Crippen LogP contribution in [0.1, 0.15) is 15.9 Å². The van der Waals surface area contributed by atoms with Gasteiger partial charge >= 0.3 is 5.97 Å². The lowest BCUT2D eigenvalue weighted by molar-refractivity contribution is 0.0473. The van der Waals surface area contributed by atoms with Gasteiger partial charge in [-0.05, 0) is 29.8 Å². The Labute approximate surface area is 152 Å². The van der Waals surface area contributed by atoms with E-state index in [4.69, 9.17) is 4.74 Å². The number of fused-ring (bicyclic) bond motifs is 3. The van der Waals surface area contributed by atoms with E-state index in [0.29, 0.717) is 10.6 Å². The summed E-state index contributed by atoms with van der Waals surface area (Å²) in [6.45, 7) is 0.231. The highest BCUT2D eigenvalue weighted by Crippen LogP contribution is 2.27. The van der Waals surface area contributed by atoms with Crippen molar-refractivity contribution in [1.29, 1.82) is 0 Å². The summed E-state index contributed by atoms with van der Waals surface area (Å²) in [5.41, 5.74) is 3.14. The highest BCUT2D eigenvalue weighted by atomic mass is 32.2. The predicted octanol–water partition coefficient (Wildman–Crippen LogP) is 3.81. The van der Waals surface area contributed by atoms with Gasteiger partial charge in [0.2, 0.25) is 0 Å². The molecule has 1 N–H and O–H groups in total. The van der Waals surface area contributed by atoms with Crippen LogP contribution in [0.5, 0.6) is 0 Å². The van der Waals surface area contributed by atoms with Crippen LogP contribution in [0.2, 0.25) is 0 Å². The lowest BCUT2D eigenvalue weighted by Crippen LogP contribution is -2.05. The van der Waals surface area contributed by atoms with Gasteiger partial charge in [0.05, 0.1) is 28.1 Å². The Balaban J connectivity index is 1.67. The second-order valence-electron chi connectivity index (χ2n) is 5.97. The molecule has 0 aliphatic heterocycles. The molecule has 0 aliphatic rings. The van der Waals surface area contributed by atoms with Gasteiger partial charge in [0.25, 0.3) is 0 Å². The second-order valence-corrected chi connectivity index (χ2v) is 7.30. The number of carbonyl (C=O) groups excluding carboxylic acids is 1. The Morgan fingerprint density at radius 1 is 1.08 bits per heavy atom. The van der Waals surface area contributed by atoms with E-state index < -0.39 is 10.8 Å². The van der Waals surface area contributed by atoms with Crippen LogP contribution in [-0.2, 0) is 22.1 Å². The fraction of sp³-hybridized carbons (Fsp3) is 0.100. The van der Waals surface area contributed by atoms with Crippen LogP contribution in [0.4, 0.5) is 0 Å². The number of nitrogens with zero attached hydrogens (tertiary/aromatic N) is 1. The van der Waals surface area contributed by atoms with Crippen LogP contribution in [-0.4, -0.2) is 26.4 Å². The fourth-order valence-corrected chi connectivity index (χ4v) is 3.36. The van der Waals surface area contributed by atoms with Gasteiger partial charge in [-0.3, -0.25) is 4.21 Å². The zero-order valence-corrected chi connectivity index (χ0v) is 14.9. The maximum atomic E-state index is 12.4. The third-order valence-corrected chi connectivity index (χ3v) is 5.01. The monoisotopic (exact) mass is 364 g/mol. The van der Waals surface area contributed by atoms with Crippen LogP contribution in [0.15, 0.2) is 65.8 Å². The molecular formula is C20H16N2O3S. The van der Waals surface area contributed by atoms with E-state index in [-0.39, 0.29) is 12.6 Å². The molecule has 0 spiro atoms. The fourth-order valence-electron chi connectivity index (χ4n) is 2.87. The van der Waals surface area contributed by atoms with Crippen LogP contribution < -0.4 is 0 Å². The molecule has 130 valence electrons. The van der Waals surface area contributed by atoms with Gasteiger partial charge < -0.3 is 9.72 Å². The quantitative estimate of drug-likeness (QED) is 0.559. The van der Waals surface area contributed by atoms with E-state index in [0.717, 1.165) is 27.4 Å². The first-order chi connectivity index (χ1) is 12.6. The number of aromatic amines is 1. The van der Waals surface area contributed by atoms with Crippen LogP contribution in [0.3, 0.4) is 0 Å². The van der Waals surface area contributed by atoms with Gasteiger partial charge in [-0.15, -0.1) is 0 Å². The van der Waals surface area contributed by atoms with Gasteiger partial charge in [0.15, 0.2) is 0 Å². The van der Waals surface area contributed by atoms with Gasteiger partial charge in [0, 0.05) is 22.5 Å². The third-order valence-electron chi connectivity index (χ3n) is 4.20. The number of carbonyl (C=O) groups is 1. The molecule has 26 heavy (non-hydrogen) atoms. The molecule has 0 aliphatic carbocycles. The standard InChI is InChI=1S/C20H16N2O3S/c1-26(24)19-10-16-15-9-14(7-8-17(15)22-18(16)11-21-19)20(23)25-12-13-5-3-2-4-6-13/h2-11,22H,12H2,1H3.